The maximum atomic E-state index is 12.0. The minimum Gasteiger partial charge on any atom is -0.461 e. The van der Waals surface area contributed by atoms with E-state index in [1.807, 2.05) is 18.2 Å². The Morgan fingerprint density at radius 1 is 1.38 bits per heavy atom. The first-order chi connectivity index (χ1) is 7.79. The van der Waals surface area contributed by atoms with E-state index < -0.39 is 0 Å². The van der Waals surface area contributed by atoms with Crippen LogP contribution in [0.4, 0.5) is 0 Å². The summed E-state index contributed by atoms with van der Waals surface area (Å²) in [6, 6.07) is 10.1. The Balaban J connectivity index is 1.90. The molecular weight excluding hydrogens is 200 g/mol. The fourth-order valence-electron chi connectivity index (χ4n) is 3.03. The summed E-state index contributed by atoms with van der Waals surface area (Å²) < 4.78 is 5.48. The van der Waals surface area contributed by atoms with E-state index in [0.29, 0.717) is 5.92 Å². The zero-order chi connectivity index (χ0) is 11.2. The van der Waals surface area contributed by atoms with Crippen LogP contribution < -0.4 is 0 Å². The van der Waals surface area contributed by atoms with Crippen LogP contribution in [-0.2, 0) is 14.9 Å². The van der Waals surface area contributed by atoms with Crippen LogP contribution in [-0.4, -0.2) is 12.1 Å². The lowest BCUT2D eigenvalue weighted by Crippen LogP contribution is -2.18. The molecule has 0 aromatic heterocycles. The number of hydrogen-bond acceptors (Lipinski definition) is 2. The summed E-state index contributed by atoms with van der Waals surface area (Å²) in [6.07, 6.45) is 3.24. The normalized spacial score (nSPS) is 35.7. The number of carbonyl (C=O) groups is 1. The highest BCUT2D eigenvalue weighted by Crippen LogP contribution is 2.62. The third-order valence-electron chi connectivity index (χ3n) is 3.95. The van der Waals surface area contributed by atoms with Crippen molar-refractivity contribution in [2.24, 2.45) is 5.92 Å². The molecule has 1 saturated carbocycles. The van der Waals surface area contributed by atoms with Gasteiger partial charge in [-0.15, -0.1) is 0 Å². The average molecular weight is 216 g/mol. The molecule has 2 heteroatoms. The molecule has 1 saturated heterocycles. The van der Waals surface area contributed by atoms with Crippen molar-refractivity contribution in [2.75, 3.05) is 0 Å². The van der Waals surface area contributed by atoms with E-state index in [0.717, 1.165) is 24.8 Å². The minimum absolute atomic E-state index is 0.00199. The van der Waals surface area contributed by atoms with Crippen molar-refractivity contribution in [1.82, 2.24) is 0 Å². The number of benzene rings is 1. The molecule has 1 aliphatic carbocycles. The quantitative estimate of drug-likeness (QED) is 0.726. The van der Waals surface area contributed by atoms with Crippen molar-refractivity contribution in [3.63, 3.8) is 0 Å². The highest BCUT2D eigenvalue weighted by molar-refractivity contribution is 5.90. The van der Waals surface area contributed by atoms with Crippen LogP contribution in [0.2, 0.25) is 0 Å². The molecule has 0 amide bonds. The maximum absolute atomic E-state index is 12.0. The summed E-state index contributed by atoms with van der Waals surface area (Å²) >= 11 is 0. The lowest BCUT2D eigenvalue weighted by Gasteiger charge is -2.10. The van der Waals surface area contributed by atoms with Gasteiger partial charge in [0.2, 0.25) is 0 Å². The van der Waals surface area contributed by atoms with Gasteiger partial charge in [-0.3, -0.25) is 4.79 Å². The Morgan fingerprint density at radius 3 is 2.75 bits per heavy atom. The Hall–Kier alpha value is -1.31. The van der Waals surface area contributed by atoms with Gasteiger partial charge >= 0.3 is 5.97 Å². The van der Waals surface area contributed by atoms with Crippen molar-refractivity contribution < 1.29 is 9.53 Å². The lowest BCUT2D eigenvalue weighted by molar-refractivity contribution is -0.146. The van der Waals surface area contributed by atoms with E-state index in [-0.39, 0.29) is 17.5 Å². The summed E-state index contributed by atoms with van der Waals surface area (Å²) in [6.45, 7) is 2.14. The van der Waals surface area contributed by atoms with Crippen molar-refractivity contribution in [3.8, 4) is 0 Å². The monoisotopic (exact) mass is 216 g/mol. The van der Waals surface area contributed by atoms with Gasteiger partial charge in [0, 0.05) is 5.92 Å². The fourth-order valence-corrected chi connectivity index (χ4v) is 3.03. The van der Waals surface area contributed by atoms with Crippen LogP contribution in [0.25, 0.3) is 0 Å². The van der Waals surface area contributed by atoms with Crippen molar-refractivity contribution in [1.29, 1.82) is 0 Å². The zero-order valence-corrected chi connectivity index (χ0v) is 9.48. The fraction of sp³-hybridized carbons (Fsp3) is 0.500. The summed E-state index contributed by atoms with van der Waals surface area (Å²) in [5.41, 5.74) is 0.866. The van der Waals surface area contributed by atoms with Gasteiger partial charge in [0.1, 0.15) is 6.10 Å². The molecule has 84 valence electrons. The van der Waals surface area contributed by atoms with Crippen LogP contribution in [0.15, 0.2) is 30.3 Å². The van der Waals surface area contributed by atoms with E-state index >= 15 is 0 Å². The van der Waals surface area contributed by atoms with Crippen LogP contribution >= 0.6 is 0 Å². The Bertz CT molecular complexity index is 412. The largest absolute Gasteiger partial charge is 0.461 e. The Labute approximate surface area is 95.6 Å². The zero-order valence-electron chi connectivity index (χ0n) is 9.48. The molecule has 1 aliphatic heterocycles. The van der Waals surface area contributed by atoms with Gasteiger partial charge in [-0.1, -0.05) is 43.7 Å². The van der Waals surface area contributed by atoms with Crippen molar-refractivity contribution in [3.05, 3.63) is 35.9 Å². The smallest absolute Gasteiger partial charge is 0.317 e. The van der Waals surface area contributed by atoms with Gasteiger partial charge in [0.05, 0.1) is 5.41 Å². The van der Waals surface area contributed by atoms with Crippen LogP contribution in [0.3, 0.4) is 0 Å². The van der Waals surface area contributed by atoms with Gasteiger partial charge in [0.25, 0.3) is 0 Å². The third kappa shape index (κ3) is 1.16. The maximum Gasteiger partial charge on any atom is 0.317 e. The standard InChI is InChI=1S/C14H16O2/c1-2-6-12-11-9-14(11,13(15)16-12)10-7-4-3-5-8-10/h3-5,7-8,11-12H,2,6,9H2,1H3/t11-,12?,14+/m0/s1. The van der Waals surface area contributed by atoms with Gasteiger partial charge < -0.3 is 4.74 Å². The molecule has 16 heavy (non-hydrogen) atoms. The first kappa shape index (κ1) is 9.88. The molecule has 0 bridgehead atoms. The SMILES string of the molecule is CCCC1OC(=O)[C@@]2(c3ccccc3)C[C@@H]12. The van der Waals surface area contributed by atoms with Crippen molar-refractivity contribution in [2.45, 2.75) is 37.7 Å². The number of carbonyl (C=O) groups excluding carboxylic acids is 1. The summed E-state index contributed by atoms with van der Waals surface area (Å²) in [5.74, 6) is 0.435. The predicted molar refractivity (Wildman–Crippen MR) is 61.0 cm³/mol. The second kappa shape index (κ2) is 3.34. The molecule has 2 nitrogen and oxygen atoms in total. The molecule has 2 fully saturated rings. The van der Waals surface area contributed by atoms with Gasteiger partial charge in [-0.2, -0.15) is 0 Å². The number of hydrogen-bond donors (Lipinski definition) is 0. The molecule has 1 heterocycles. The van der Waals surface area contributed by atoms with Crippen LogP contribution in [0.5, 0.6) is 0 Å². The number of ether oxygens (including phenoxy) is 1. The molecule has 1 unspecified atom stereocenters. The van der Waals surface area contributed by atoms with Crippen LogP contribution in [0, 0.1) is 5.92 Å². The van der Waals surface area contributed by atoms with Gasteiger partial charge in [0.15, 0.2) is 0 Å². The van der Waals surface area contributed by atoms with Gasteiger partial charge in [-0.25, -0.2) is 0 Å². The second-order valence-corrected chi connectivity index (χ2v) is 4.88. The second-order valence-electron chi connectivity index (χ2n) is 4.88. The van der Waals surface area contributed by atoms with Crippen molar-refractivity contribution >= 4 is 5.97 Å². The predicted octanol–water partition coefficient (Wildman–Crippen LogP) is 2.67. The summed E-state index contributed by atoms with van der Waals surface area (Å²) in [4.78, 5) is 12.0. The Kier molecular flexibility index (Phi) is 2.06. The number of fused-ring (bicyclic) bond motifs is 1. The molecule has 1 aromatic carbocycles. The van der Waals surface area contributed by atoms with E-state index in [1.165, 1.54) is 0 Å². The highest BCUT2D eigenvalue weighted by atomic mass is 16.6. The molecule has 0 N–H and O–H groups in total. The number of rotatable bonds is 3. The van der Waals surface area contributed by atoms with Crippen LogP contribution in [0.1, 0.15) is 31.7 Å². The highest BCUT2D eigenvalue weighted by Gasteiger charge is 2.70. The first-order valence-corrected chi connectivity index (χ1v) is 6.05. The number of esters is 1. The van der Waals surface area contributed by atoms with E-state index in [1.54, 1.807) is 0 Å². The Morgan fingerprint density at radius 2 is 2.12 bits per heavy atom. The summed E-state index contributed by atoms with van der Waals surface area (Å²) in [5, 5.41) is 0. The minimum atomic E-state index is -0.277. The average Bonchev–Trinajstić information content (AvgIpc) is 3.00. The summed E-state index contributed by atoms with van der Waals surface area (Å²) in [7, 11) is 0. The molecule has 1 aromatic rings. The first-order valence-electron chi connectivity index (χ1n) is 6.05. The molecule has 0 spiro atoms. The molecule has 3 atom stereocenters. The molecule has 3 rings (SSSR count). The lowest BCUT2D eigenvalue weighted by atomic mass is 9.93. The van der Waals surface area contributed by atoms with E-state index in [4.69, 9.17) is 4.74 Å². The van der Waals surface area contributed by atoms with Gasteiger partial charge in [-0.05, 0) is 18.4 Å². The topological polar surface area (TPSA) is 26.3 Å². The molecule has 0 radical (unpaired) electrons. The van der Waals surface area contributed by atoms with E-state index in [2.05, 4.69) is 19.1 Å². The molecule has 2 aliphatic rings. The number of cyclic esters (lactones) is 1. The third-order valence-corrected chi connectivity index (χ3v) is 3.95. The molecular formula is C14H16O2. The van der Waals surface area contributed by atoms with E-state index in [9.17, 15) is 4.79 Å².